The molecule has 0 amide bonds. The fraction of sp³-hybridized carbons (Fsp3) is 0.500. The maximum absolute atomic E-state index is 14.2. The summed E-state index contributed by atoms with van der Waals surface area (Å²) in [6.45, 7) is 30.6. The maximum atomic E-state index is 14.2. The number of hydrogen-bond donors (Lipinski definition) is 0. The van der Waals surface area contributed by atoms with Gasteiger partial charge in [-0.2, -0.15) is 0 Å². The second kappa shape index (κ2) is 13.4. The lowest BCUT2D eigenvalue weighted by atomic mass is 9.84. The first-order valence-corrected chi connectivity index (χ1v) is 27.8. The molecular weight excluding hydrogens is 897 g/mol. The topological polar surface area (TPSA) is 26.3 Å². The first-order valence-electron chi connectivity index (χ1n) is 18.0. The van der Waals surface area contributed by atoms with Crippen LogP contribution in [0.3, 0.4) is 0 Å². The normalized spacial score (nSPS) is 23.6. The van der Waals surface area contributed by atoms with Crippen LogP contribution in [-0.2, 0) is 4.74 Å². The lowest BCUT2D eigenvalue weighted by molar-refractivity contribution is 0.0516. The van der Waals surface area contributed by atoms with Gasteiger partial charge in [-0.15, -0.1) is 141 Å². The first-order chi connectivity index (χ1) is 25.0. The molecule has 0 spiro atoms. The Morgan fingerprint density at radius 1 is 0.407 bits per heavy atom. The van der Waals surface area contributed by atoms with Gasteiger partial charge in [-0.25, -0.2) is 4.79 Å². The van der Waals surface area contributed by atoms with Crippen LogP contribution in [-0.4, -0.2) is 37.1 Å². The van der Waals surface area contributed by atoms with Crippen molar-refractivity contribution in [1.29, 1.82) is 0 Å². The molecule has 9 rings (SSSR count). The number of carbonyl (C=O) groups is 1. The van der Waals surface area contributed by atoms with E-state index >= 15 is 0 Å². The molecule has 0 saturated carbocycles. The summed E-state index contributed by atoms with van der Waals surface area (Å²) < 4.78 is 5.65. The number of thioether (sulfide) groups is 12. The Morgan fingerprint density at radius 3 is 0.944 bits per heavy atom. The van der Waals surface area contributed by atoms with Crippen molar-refractivity contribution in [1.82, 2.24) is 0 Å². The van der Waals surface area contributed by atoms with E-state index in [0.29, 0.717) is 6.61 Å². The number of rotatable bonds is 5. The molecule has 0 atom stereocenters. The molecule has 0 aromatic heterocycles. The summed E-state index contributed by atoms with van der Waals surface area (Å²) in [5.41, 5.74) is 4.93. The predicted molar refractivity (Wildman–Crippen MR) is 251 cm³/mol. The van der Waals surface area contributed by atoms with Gasteiger partial charge in [-0.3, -0.25) is 0 Å². The van der Waals surface area contributed by atoms with E-state index in [9.17, 15) is 4.79 Å². The summed E-state index contributed by atoms with van der Waals surface area (Å²) in [7, 11) is 0. The van der Waals surface area contributed by atoms with Crippen LogP contribution in [0.25, 0.3) is 0 Å². The van der Waals surface area contributed by atoms with E-state index in [4.69, 9.17) is 4.74 Å². The van der Waals surface area contributed by atoms with Crippen LogP contribution >= 0.6 is 141 Å². The smallest absolute Gasteiger partial charge is 0.340 e. The molecule has 0 fully saturated rings. The highest BCUT2D eigenvalue weighted by molar-refractivity contribution is 8.23. The van der Waals surface area contributed by atoms with E-state index in [2.05, 4.69) is 95.2 Å². The van der Waals surface area contributed by atoms with E-state index in [1.807, 2.05) is 148 Å². The van der Waals surface area contributed by atoms with Crippen LogP contribution in [0.5, 0.6) is 0 Å². The van der Waals surface area contributed by atoms with E-state index in [1.165, 1.54) is 71.6 Å². The van der Waals surface area contributed by atoms with Crippen LogP contribution in [0, 0.1) is 5.92 Å². The fourth-order valence-corrected chi connectivity index (χ4v) is 24.9. The molecule has 0 bridgehead atoms. The first kappa shape index (κ1) is 40.7. The van der Waals surface area contributed by atoms with Crippen molar-refractivity contribution in [2.24, 2.45) is 0 Å². The Bertz CT molecular complexity index is 1980. The number of ether oxygens (including phenoxy) is 1. The van der Waals surface area contributed by atoms with Crippen LogP contribution < -0.4 is 0 Å². The van der Waals surface area contributed by atoms with Crippen molar-refractivity contribution < 1.29 is 9.53 Å². The quantitative estimate of drug-likeness (QED) is 0.179. The Kier molecular flexibility index (Phi) is 10.1. The average molecular weight is 941 g/mol. The summed E-state index contributed by atoms with van der Waals surface area (Å²) in [4.78, 5) is 30.2. The third kappa shape index (κ3) is 7.01. The summed E-state index contributed by atoms with van der Waals surface area (Å²) in [5.74, 6) is 1.19. The molecule has 6 aliphatic rings. The van der Waals surface area contributed by atoms with Crippen LogP contribution in [0.2, 0.25) is 0 Å². The van der Waals surface area contributed by atoms with Gasteiger partial charge in [0.15, 0.2) is 0 Å². The Labute approximate surface area is 372 Å². The molecule has 0 saturated heterocycles. The van der Waals surface area contributed by atoms with Gasteiger partial charge in [0.1, 0.15) is 0 Å². The molecule has 287 valence electrons. The van der Waals surface area contributed by atoms with Crippen molar-refractivity contribution in [3.05, 3.63) is 40.3 Å². The molecule has 1 radical (unpaired) electrons. The molecule has 14 heteroatoms. The molecule has 0 unspecified atom stereocenters. The number of carbonyl (C=O) groups excluding carboxylic acids is 1. The van der Waals surface area contributed by atoms with Gasteiger partial charge in [0.2, 0.25) is 0 Å². The van der Waals surface area contributed by atoms with Gasteiger partial charge in [0.05, 0.1) is 42.6 Å². The van der Waals surface area contributed by atoms with Gasteiger partial charge < -0.3 is 4.74 Å². The van der Waals surface area contributed by atoms with E-state index in [-0.39, 0.29) is 30.4 Å². The van der Waals surface area contributed by atoms with Crippen molar-refractivity contribution >= 4 is 147 Å². The summed E-state index contributed by atoms with van der Waals surface area (Å²) >= 11 is 23.9. The van der Waals surface area contributed by atoms with E-state index in [1.54, 1.807) is 0 Å². The number of esters is 1. The molecule has 0 aliphatic carbocycles. The van der Waals surface area contributed by atoms with E-state index in [0.717, 1.165) is 15.4 Å². The van der Waals surface area contributed by atoms with Gasteiger partial charge in [0.25, 0.3) is 0 Å². The zero-order valence-electron chi connectivity index (χ0n) is 32.6. The molecule has 3 aromatic carbocycles. The van der Waals surface area contributed by atoms with Crippen molar-refractivity contribution in [3.8, 4) is 0 Å². The summed E-state index contributed by atoms with van der Waals surface area (Å²) in [5, 5.41) is 0. The van der Waals surface area contributed by atoms with Gasteiger partial charge in [-0.1, -0.05) is 0 Å². The average Bonchev–Trinajstić information content (AvgIpc) is 3.80. The Morgan fingerprint density at radius 2 is 0.648 bits per heavy atom. The highest BCUT2D eigenvalue weighted by atomic mass is 32.2. The van der Waals surface area contributed by atoms with Gasteiger partial charge >= 0.3 is 5.97 Å². The number of fused-ring (bicyclic) bond motifs is 6. The largest absolute Gasteiger partial charge is 0.462 e. The van der Waals surface area contributed by atoms with Gasteiger partial charge in [0, 0.05) is 58.7 Å². The minimum Gasteiger partial charge on any atom is -0.462 e. The molecule has 2 nitrogen and oxygen atoms in total. The molecule has 6 heterocycles. The van der Waals surface area contributed by atoms with Crippen molar-refractivity contribution in [3.63, 3.8) is 0 Å². The molecule has 3 aromatic rings. The molecular formula is C40H43O2S12. The summed E-state index contributed by atoms with van der Waals surface area (Å²) in [6.07, 6.45) is 0. The van der Waals surface area contributed by atoms with Crippen LogP contribution in [0.15, 0.2) is 70.9 Å². The maximum Gasteiger partial charge on any atom is 0.340 e. The Balaban J connectivity index is 1.47. The lowest BCUT2D eigenvalue weighted by Gasteiger charge is -2.30. The minimum atomic E-state index is -0.192. The standard InChI is InChI=1S/C40H43O2S12/c1-14-42-34(41)25-32-30(51-39(10,11)53-32)24(31-33(25)54-40(12,13)52-31)21(22-26-17(43-35(2,3)47-26)15-18-27(22)48-36(4,5)44-18)23-28-19(45-37(6,7)49-28)16-20-29(23)50-38(8,9)46-20/h15-16H,14H2,1-13H3. The van der Waals surface area contributed by atoms with Crippen molar-refractivity contribution in [2.45, 2.75) is 173 Å². The molecule has 54 heavy (non-hydrogen) atoms. The third-order valence-corrected chi connectivity index (χ3v) is 25.9. The number of benzene rings is 3. The second-order valence-corrected chi connectivity index (χ2v) is 37.9. The lowest BCUT2D eigenvalue weighted by Crippen LogP contribution is -2.16. The third-order valence-electron chi connectivity index (χ3n) is 9.08. The zero-order valence-corrected chi connectivity index (χ0v) is 42.4. The van der Waals surface area contributed by atoms with E-state index < -0.39 is 0 Å². The summed E-state index contributed by atoms with van der Waals surface area (Å²) in [6, 6.07) is 5.01. The van der Waals surface area contributed by atoms with Crippen molar-refractivity contribution in [2.75, 3.05) is 6.61 Å². The SMILES string of the molecule is CCOC(=O)c1c2c(c([C](c3c4c(cc5c3SC(C)(C)S5)SC(C)(C)S4)c3c4c(cc5c3SC(C)(C)S5)SC(C)(C)S4)c3c1SC(C)(C)S3)SC(C)(C)S2. The monoisotopic (exact) mass is 939 g/mol. The predicted octanol–water partition coefficient (Wildman–Crippen LogP) is 16.5. The van der Waals surface area contributed by atoms with Crippen LogP contribution in [0.1, 0.15) is 117 Å². The fourth-order valence-electron chi connectivity index (χ4n) is 7.55. The van der Waals surface area contributed by atoms with Gasteiger partial charge in [-0.05, 0) is 119 Å². The Hall–Kier alpha value is 1.33. The highest BCUT2D eigenvalue weighted by Crippen LogP contribution is 2.73. The number of hydrogen-bond acceptors (Lipinski definition) is 14. The second-order valence-electron chi connectivity index (χ2n) is 16.6. The highest BCUT2D eigenvalue weighted by Gasteiger charge is 2.52. The molecule has 6 aliphatic heterocycles. The minimum absolute atomic E-state index is 0.0127. The molecule has 0 N–H and O–H groups in total. The zero-order chi connectivity index (χ0) is 38.7. The van der Waals surface area contributed by atoms with Crippen LogP contribution in [0.4, 0.5) is 0 Å².